The van der Waals surface area contributed by atoms with E-state index in [0.717, 1.165) is 82.9 Å². The summed E-state index contributed by atoms with van der Waals surface area (Å²) in [5.74, 6) is 13.8. The molecule has 0 saturated heterocycles. The van der Waals surface area contributed by atoms with Crippen molar-refractivity contribution in [3.63, 3.8) is 0 Å². The third-order valence-electron chi connectivity index (χ3n) is 14.8. The van der Waals surface area contributed by atoms with Crippen LogP contribution in [0.1, 0.15) is 77.0 Å². The summed E-state index contributed by atoms with van der Waals surface area (Å²) in [6.07, 6.45) is 18.2. The van der Waals surface area contributed by atoms with Crippen molar-refractivity contribution < 1.29 is 4.57 Å². The number of hydrogen-bond acceptors (Lipinski definition) is 1. The van der Waals surface area contributed by atoms with E-state index in [1.54, 1.807) is 38.5 Å². The van der Waals surface area contributed by atoms with Gasteiger partial charge in [0.05, 0.1) is 0 Å². The quantitative estimate of drug-likeness (QED) is 0.452. The summed E-state index contributed by atoms with van der Waals surface area (Å²) < 4.78 is 15.6. The van der Waals surface area contributed by atoms with Crippen LogP contribution in [-0.4, -0.2) is 10.3 Å². The fraction of sp³-hybridized carbons (Fsp3) is 1.00. The molecule has 14 fully saturated rings. The first-order chi connectivity index (χ1) is 14.7. The minimum atomic E-state index is -1.04. The van der Waals surface area contributed by atoms with Crippen LogP contribution in [-0.2, 0) is 4.57 Å². The Hall–Kier alpha value is 0.100. The summed E-state index contributed by atoms with van der Waals surface area (Å²) in [7, 11) is -1.04. The van der Waals surface area contributed by atoms with Crippen molar-refractivity contribution in [1.82, 2.24) is 0 Å². The highest BCUT2D eigenvalue weighted by atomic mass is 31.1. The molecule has 1 nitrogen and oxygen atoms in total. The summed E-state index contributed by atoms with van der Waals surface area (Å²) in [5, 5.41) is 0.673. The molecule has 0 spiro atoms. The van der Waals surface area contributed by atoms with Crippen LogP contribution in [0.4, 0.5) is 0 Å². The molecule has 8 unspecified atom stereocenters. The van der Waals surface area contributed by atoms with E-state index in [0.29, 0.717) is 10.3 Å². The van der Waals surface area contributed by atoms with Crippen molar-refractivity contribution in [2.24, 2.45) is 82.9 Å². The van der Waals surface area contributed by atoms with Crippen LogP contribution >= 0.6 is 7.80 Å². The fourth-order valence-corrected chi connectivity index (χ4v) is 19.0. The molecule has 0 aromatic rings. The summed E-state index contributed by atoms with van der Waals surface area (Å²) in [5.41, 5.74) is 0. The Labute approximate surface area is 182 Å². The lowest BCUT2D eigenvalue weighted by atomic mass is 9.35. The van der Waals surface area contributed by atoms with Crippen molar-refractivity contribution in [2.75, 3.05) is 0 Å². The monoisotopic (exact) mass is 421 g/mol. The van der Waals surface area contributed by atoms with Gasteiger partial charge in [0.25, 0.3) is 0 Å². The Morgan fingerprint density at radius 3 is 1.13 bits per heavy atom. The number of hydrogen-bond donors (Lipinski definition) is 0. The molecule has 14 saturated carbocycles. The molecule has 16 bridgehead atoms. The van der Waals surface area contributed by atoms with Gasteiger partial charge in [-0.25, -0.2) is 0 Å². The first-order valence-corrected chi connectivity index (χ1v) is 15.4. The van der Waals surface area contributed by atoms with Crippen molar-refractivity contribution in [1.29, 1.82) is 0 Å². The predicted octanol–water partition coefficient (Wildman–Crippen LogP) is 6.74. The maximum absolute atomic E-state index is 15.6. The highest BCUT2D eigenvalue weighted by Gasteiger charge is 2.85. The van der Waals surface area contributed by atoms with Gasteiger partial charge >= 0.3 is 7.80 Å². The minimum absolute atomic E-state index is 0.336. The largest absolute Gasteiger partial charge is 0.352 e. The Morgan fingerprint density at radius 1 is 0.433 bits per heavy atom. The summed E-state index contributed by atoms with van der Waals surface area (Å²) in [4.78, 5) is 0. The zero-order chi connectivity index (χ0) is 19.1. The van der Waals surface area contributed by atoms with Crippen molar-refractivity contribution in [3.8, 4) is 0 Å². The van der Waals surface area contributed by atoms with Gasteiger partial charge in [0.2, 0.25) is 0 Å². The molecule has 0 amide bonds. The molecule has 0 aromatic carbocycles. The Bertz CT molecular complexity index is 775. The highest BCUT2D eigenvalue weighted by Crippen LogP contribution is 2.86. The molecule has 0 aliphatic heterocycles. The van der Waals surface area contributed by atoms with Crippen LogP contribution in [0.25, 0.3) is 0 Å². The van der Waals surface area contributed by atoms with Crippen LogP contribution in [0.2, 0.25) is 0 Å². The zero-order valence-corrected chi connectivity index (χ0v) is 19.3. The lowest BCUT2D eigenvalue weighted by Crippen LogP contribution is -2.74. The first-order valence-electron chi connectivity index (χ1n) is 14.1. The lowest BCUT2D eigenvalue weighted by molar-refractivity contribution is -0.203. The van der Waals surface area contributed by atoms with Gasteiger partial charge in [-0.2, -0.15) is 0 Å². The Balaban J connectivity index is 1.17. The average molecular weight is 422 g/mol. The standard InChI is InChI=1S/C28H38OP/c29-30(27-11-15-3-19-17-1-13(7-23(19)27)8-24(27)20(17)4-15)28-12-16-5-21-18-2-14(9-25(21)28)10-26(28)22(18)6-16/h13-26H,1-12H2/q+1. The Kier molecular flexibility index (Phi) is 2.67. The zero-order valence-electron chi connectivity index (χ0n) is 18.4. The topological polar surface area (TPSA) is 17.1 Å². The van der Waals surface area contributed by atoms with E-state index in [-0.39, 0.29) is 0 Å². The number of rotatable bonds is 2. The van der Waals surface area contributed by atoms with Gasteiger partial charge in [0.1, 0.15) is 0 Å². The normalized spacial score (nSPS) is 74.1. The second-order valence-electron chi connectivity index (χ2n) is 14.9. The Morgan fingerprint density at radius 2 is 0.767 bits per heavy atom. The molecule has 0 N–H and O–H groups in total. The molecule has 2 heteroatoms. The molecule has 160 valence electrons. The van der Waals surface area contributed by atoms with Gasteiger partial charge in [-0.1, -0.05) is 4.57 Å². The van der Waals surface area contributed by atoms with E-state index in [9.17, 15) is 0 Å². The first kappa shape index (κ1) is 16.7. The molecule has 0 radical (unpaired) electrons. The molecular formula is C28H38OP+. The van der Waals surface area contributed by atoms with Gasteiger partial charge in [0, 0.05) is 36.5 Å². The van der Waals surface area contributed by atoms with Gasteiger partial charge in [-0.3, -0.25) is 0 Å². The van der Waals surface area contributed by atoms with E-state index in [1.807, 2.05) is 0 Å². The van der Waals surface area contributed by atoms with E-state index >= 15 is 4.57 Å². The average Bonchev–Trinajstić information content (AvgIpc) is 2.79. The van der Waals surface area contributed by atoms with E-state index in [1.165, 1.54) is 38.5 Å². The fourth-order valence-electron chi connectivity index (χ4n) is 15.0. The molecule has 30 heavy (non-hydrogen) atoms. The SMILES string of the molecule is O=[P+](C12CC3CC4C5CC(CC41)CC2C5C3)C12CC3CC4C5CC(CC41)CC2C5C3. The third-order valence-corrected chi connectivity index (χ3v) is 18.0. The minimum Gasteiger partial charge on any atom is -0.0735 e. The van der Waals surface area contributed by atoms with Gasteiger partial charge in [-0.05, 0) is 123 Å². The predicted molar refractivity (Wildman–Crippen MR) is 117 cm³/mol. The molecule has 14 rings (SSSR count). The van der Waals surface area contributed by atoms with Gasteiger partial charge < -0.3 is 0 Å². The second kappa shape index (κ2) is 4.81. The molecule has 14 aliphatic rings. The summed E-state index contributed by atoms with van der Waals surface area (Å²) in [6, 6.07) is 0. The highest BCUT2D eigenvalue weighted by molar-refractivity contribution is 7.48. The smallest absolute Gasteiger partial charge is 0.0735 e. The summed E-state index contributed by atoms with van der Waals surface area (Å²) >= 11 is 0. The molecule has 8 atom stereocenters. The molecule has 0 heterocycles. The third kappa shape index (κ3) is 1.48. The van der Waals surface area contributed by atoms with Crippen LogP contribution in [0.15, 0.2) is 0 Å². The van der Waals surface area contributed by atoms with Crippen molar-refractivity contribution >= 4 is 7.80 Å². The van der Waals surface area contributed by atoms with Crippen molar-refractivity contribution in [3.05, 3.63) is 0 Å². The lowest BCUT2D eigenvalue weighted by Gasteiger charge is -2.74. The summed E-state index contributed by atoms with van der Waals surface area (Å²) in [6.45, 7) is 0. The molecular weight excluding hydrogens is 383 g/mol. The second-order valence-corrected chi connectivity index (χ2v) is 17.2. The van der Waals surface area contributed by atoms with Crippen LogP contribution in [0.3, 0.4) is 0 Å². The molecule has 14 aliphatic carbocycles. The van der Waals surface area contributed by atoms with Crippen LogP contribution in [0.5, 0.6) is 0 Å². The van der Waals surface area contributed by atoms with Gasteiger partial charge in [0.15, 0.2) is 10.3 Å². The van der Waals surface area contributed by atoms with Crippen LogP contribution in [0, 0.1) is 82.9 Å². The van der Waals surface area contributed by atoms with E-state index in [4.69, 9.17) is 0 Å². The maximum atomic E-state index is 15.6. The van der Waals surface area contributed by atoms with Crippen molar-refractivity contribution in [2.45, 2.75) is 87.4 Å². The van der Waals surface area contributed by atoms with Gasteiger partial charge in [-0.15, -0.1) is 0 Å². The van der Waals surface area contributed by atoms with E-state index < -0.39 is 7.80 Å². The maximum Gasteiger partial charge on any atom is 0.352 e. The van der Waals surface area contributed by atoms with E-state index in [2.05, 4.69) is 0 Å². The molecule has 0 aromatic heterocycles. The van der Waals surface area contributed by atoms with Crippen LogP contribution < -0.4 is 0 Å².